The summed E-state index contributed by atoms with van der Waals surface area (Å²) in [5, 5.41) is 2.94. The van der Waals surface area contributed by atoms with E-state index in [0.717, 1.165) is 38.8 Å². The minimum absolute atomic E-state index is 0.0778. The van der Waals surface area contributed by atoms with Gasteiger partial charge in [0.2, 0.25) is 17.7 Å². The van der Waals surface area contributed by atoms with Gasteiger partial charge in [-0.3, -0.25) is 14.4 Å². The minimum atomic E-state index is -0.366. The summed E-state index contributed by atoms with van der Waals surface area (Å²) < 4.78 is 10.5. The lowest BCUT2D eigenvalue weighted by atomic mass is 10.1. The van der Waals surface area contributed by atoms with Gasteiger partial charge in [-0.15, -0.1) is 0 Å². The lowest BCUT2D eigenvalue weighted by molar-refractivity contribution is -0.133. The van der Waals surface area contributed by atoms with Gasteiger partial charge < -0.3 is 24.6 Å². The fourth-order valence-corrected chi connectivity index (χ4v) is 4.01. The zero-order chi connectivity index (χ0) is 21.5. The van der Waals surface area contributed by atoms with Crippen LogP contribution in [-0.4, -0.2) is 63.0 Å². The second kappa shape index (κ2) is 10.3. The van der Waals surface area contributed by atoms with Gasteiger partial charge in [0.1, 0.15) is 0 Å². The number of piperidine rings is 1. The molecule has 3 amide bonds. The average molecular weight is 418 g/mol. The van der Waals surface area contributed by atoms with E-state index in [-0.39, 0.29) is 30.1 Å². The van der Waals surface area contributed by atoms with E-state index in [0.29, 0.717) is 36.7 Å². The Morgan fingerprint density at radius 2 is 1.90 bits per heavy atom. The zero-order valence-corrected chi connectivity index (χ0v) is 17.8. The molecule has 0 aliphatic carbocycles. The molecule has 0 bridgehead atoms. The third-order valence-electron chi connectivity index (χ3n) is 5.75. The maximum Gasteiger partial charge on any atom is 0.227 e. The Labute approximate surface area is 177 Å². The highest BCUT2D eigenvalue weighted by Crippen LogP contribution is 2.34. The Kier molecular flexibility index (Phi) is 7.54. The van der Waals surface area contributed by atoms with Gasteiger partial charge in [0.05, 0.1) is 20.1 Å². The molecular formula is C22H31N3O5. The molecule has 8 nitrogen and oxygen atoms in total. The molecule has 1 atom stereocenters. The molecule has 2 fully saturated rings. The molecule has 0 unspecified atom stereocenters. The third-order valence-corrected chi connectivity index (χ3v) is 5.75. The van der Waals surface area contributed by atoms with Crippen LogP contribution < -0.4 is 19.7 Å². The fourth-order valence-electron chi connectivity index (χ4n) is 4.01. The number of amides is 3. The second-order valence-corrected chi connectivity index (χ2v) is 7.78. The lowest BCUT2D eigenvalue weighted by Gasteiger charge is -2.26. The highest BCUT2D eigenvalue weighted by atomic mass is 16.5. The Morgan fingerprint density at radius 3 is 2.63 bits per heavy atom. The number of benzene rings is 1. The van der Waals surface area contributed by atoms with Crippen LogP contribution in [0.1, 0.15) is 38.5 Å². The maximum atomic E-state index is 12.5. The van der Waals surface area contributed by atoms with Crippen LogP contribution in [0.5, 0.6) is 11.5 Å². The summed E-state index contributed by atoms with van der Waals surface area (Å²) in [6, 6.07) is 5.29. The van der Waals surface area contributed by atoms with Crippen LogP contribution in [0.25, 0.3) is 0 Å². The summed E-state index contributed by atoms with van der Waals surface area (Å²) >= 11 is 0. The Bertz CT molecular complexity index is 782. The number of anilines is 1. The van der Waals surface area contributed by atoms with Gasteiger partial charge in [-0.05, 0) is 37.8 Å². The lowest BCUT2D eigenvalue weighted by Crippen LogP contribution is -2.36. The van der Waals surface area contributed by atoms with Crippen LogP contribution in [0.2, 0.25) is 0 Å². The van der Waals surface area contributed by atoms with Crippen molar-refractivity contribution in [1.82, 2.24) is 10.2 Å². The molecule has 1 aromatic rings. The Morgan fingerprint density at radius 1 is 1.10 bits per heavy atom. The number of likely N-dealkylation sites (tertiary alicyclic amines) is 1. The van der Waals surface area contributed by atoms with Gasteiger partial charge in [-0.2, -0.15) is 0 Å². The van der Waals surface area contributed by atoms with E-state index < -0.39 is 0 Å². The summed E-state index contributed by atoms with van der Waals surface area (Å²) in [4.78, 5) is 40.3. The standard InChI is InChI=1S/C22H31N3O5/c1-29-18-9-8-17(14-19(18)30-2)25-15-16(13-21(25)27)22(28)23-10-4-6-12-24-11-5-3-7-20(24)26/h8-9,14,16H,3-7,10-13,15H2,1-2H3,(H,23,28)/t16-/m1/s1. The summed E-state index contributed by atoms with van der Waals surface area (Å²) in [5.74, 6) is 0.835. The number of ether oxygens (including phenoxy) is 2. The van der Waals surface area contributed by atoms with Crippen molar-refractivity contribution in [3.63, 3.8) is 0 Å². The van der Waals surface area contributed by atoms with Crippen LogP contribution in [0, 0.1) is 5.92 Å². The van der Waals surface area contributed by atoms with E-state index in [1.54, 1.807) is 37.3 Å². The van der Waals surface area contributed by atoms with Crippen LogP contribution in [0.15, 0.2) is 18.2 Å². The molecule has 2 aliphatic heterocycles. The second-order valence-electron chi connectivity index (χ2n) is 7.78. The van der Waals surface area contributed by atoms with Crippen LogP contribution in [0.4, 0.5) is 5.69 Å². The van der Waals surface area contributed by atoms with Gasteiger partial charge in [-0.25, -0.2) is 0 Å². The van der Waals surface area contributed by atoms with Crippen molar-refractivity contribution < 1.29 is 23.9 Å². The molecule has 0 spiro atoms. The van der Waals surface area contributed by atoms with Crippen LogP contribution in [0.3, 0.4) is 0 Å². The molecule has 2 aliphatic rings. The number of rotatable bonds is 9. The van der Waals surface area contributed by atoms with Crippen molar-refractivity contribution in [1.29, 1.82) is 0 Å². The quantitative estimate of drug-likeness (QED) is 0.621. The van der Waals surface area contributed by atoms with E-state index >= 15 is 0 Å². The largest absolute Gasteiger partial charge is 0.493 e. The minimum Gasteiger partial charge on any atom is -0.493 e. The number of hydrogen-bond donors (Lipinski definition) is 1. The SMILES string of the molecule is COc1ccc(N2C[C@H](C(=O)NCCCCN3CCCCC3=O)CC2=O)cc1OC. The summed E-state index contributed by atoms with van der Waals surface area (Å²) in [5.41, 5.74) is 0.694. The first-order valence-corrected chi connectivity index (χ1v) is 10.6. The number of nitrogens with one attached hydrogen (secondary N) is 1. The third kappa shape index (κ3) is 5.23. The van der Waals surface area contributed by atoms with Gasteiger partial charge in [0.15, 0.2) is 11.5 Å². The van der Waals surface area contributed by atoms with Crippen molar-refractivity contribution in [2.24, 2.45) is 5.92 Å². The normalized spacial score (nSPS) is 19.2. The van der Waals surface area contributed by atoms with E-state index in [1.165, 1.54) is 0 Å². The van der Waals surface area contributed by atoms with Crippen molar-refractivity contribution in [3.05, 3.63) is 18.2 Å². The van der Waals surface area contributed by atoms with Gasteiger partial charge in [-0.1, -0.05) is 0 Å². The van der Waals surface area contributed by atoms with Crippen molar-refractivity contribution in [3.8, 4) is 11.5 Å². The zero-order valence-electron chi connectivity index (χ0n) is 17.8. The van der Waals surface area contributed by atoms with E-state index in [1.807, 2.05) is 4.90 Å². The summed E-state index contributed by atoms with van der Waals surface area (Å²) in [7, 11) is 3.11. The number of hydrogen-bond acceptors (Lipinski definition) is 5. The maximum absolute atomic E-state index is 12.5. The smallest absolute Gasteiger partial charge is 0.227 e. The molecule has 2 heterocycles. The van der Waals surface area contributed by atoms with Crippen molar-refractivity contribution in [2.75, 3.05) is 45.3 Å². The van der Waals surface area contributed by atoms with Crippen LogP contribution >= 0.6 is 0 Å². The Hall–Kier alpha value is -2.77. The van der Waals surface area contributed by atoms with E-state index in [4.69, 9.17) is 9.47 Å². The highest BCUT2D eigenvalue weighted by Gasteiger charge is 2.35. The fraction of sp³-hybridized carbons (Fsp3) is 0.591. The molecule has 30 heavy (non-hydrogen) atoms. The molecular weight excluding hydrogens is 386 g/mol. The number of unbranched alkanes of at least 4 members (excludes halogenated alkanes) is 1. The molecule has 164 valence electrons. The first kappa shape index (κ1) is 21.9. The van der Waals surface area contributed by atoms with Crippen molar-refractivity contribution >= 4 is 23.4 Å². The van der Waals surface area contributed by atoms with Gasteiger partial charge in [0, 0.05) is 50.8 Å². The summed E-state index contributed by atoms with van der Waals surface area (Å²) in [6.45, 7) is 2.51. The molecule has 3 rings (SSSR count). The number of methoxy groups -OCH3 is 2. The Balaban J connectivity index is 1.44. The van der Waals surface area contributed by atoms with Crippen LogP contribution in [-0.2, 0) is 14.4 Å². The summed E-state index contributed by atoms with van der Waals surface area (Å²) in [6.07, 6.45) is 4.61. The average Bonchev–Trinajstić information content (AvgIpc) is 3.15. The molecule has 8 heteroatoms. The van der Waals surface area contributed by atoms with Gasteiger partial charge >= 0.3 is 0 Å². The molecule has 1 aromatic carbocycles. The predicted octanol–water partition coefficient (Wildman–Crippen LogP) is 1.97. The monoisotopic (exact) mass is 417 g/mol. The number of nitrogens with zero attached hydrogens (tertiary/aromatic N) is 2. The topological polar surface area (TPSA) is 88.2 Å². The molecule has 0 radical (unpaired) electrons. The number of carbonyl (C=O) groups excluding carboxylic acids is 3. The molecule has 2 saturated heterocycles. The first-order valence-electron chi connectivity index (χ1n) is 10.6. The first-order chi connectivity index (χ1) is 14.5. The van der Waals surface area contributed by atoms with Crippen molar-refractivity contribution in [2.45, 2.75) is 38.5 Å². The molecule has 0 saturated carbocycles. The molecule has 1 N–H and O–H groups in total. The predicted molar refractivity (Wildman–Crippen MR) is 113 cm³/mol. The highest BCUT2D eigenvalue weighted by molar-refractivity contribution is 6.00. The van der Waals surface area contributed by atoms with E-state index in [2.05, 4.69) is 5.32 Å². The number of carbonyl (C=O) groups is 3. The molecule has 0 aromatic heterocycles. The van der Waals surface area contributed by atoms with E-state index in [9.17, 15) is 14.4 Å². The van der Waals surface area contributed by atoms with Gasteiger partial charge in [0.25, 0.3) is 0 Å².